The van der Waals surface area contributed by atoms with E-state index in [9.17, 15) is 14.8 Å². The molecule has 2 atom stereocenters. The van der Waals surface area contributed by atoms with Gasteiger partial charge in [-0.3, -0.25) is 9.78 Å². The standard InChI is InChI=1S/C20H25BN2O6/c1-13-4-3-5-17-14(12-28-20(13)17)10-19(29-21(25)26)23-18(24)9-7-15-6-8-16(27-2)11-22-15/h3-6,8,11,14,19,25-26H,7,9-10,12H2,1-2H3,(H,23,24)/t14?,19-/m0/s1. The molecule has 9 heteroatoms. The van der Waals surface area contributed by atoms with Crippen molar-refractivity contribution in [2.24, 2.45) is 0 Å². The molecule has 3 rings (SSSR count). The molecular formula is C20H25BN2O6. The maximum atomic E-state index is 12.4. The number of hydrogen-bond acceptors (Lipinski definition) is 7. The van der Waals surface area contributed by atoms with Crippen LogP contribution in [-0.2, 0) is 15.9 Å². The Hall–Kier alpha value is -2.62. The maximum absolute atomic E-state index is 12.4. The number of pyridine rings is 1. The molecule has 1 aliphatic heterocycles. The molecule has 154 valence electrons. The van der Waals surface area contributed by atoms with E-state index >= 15 is 0 Å². The zero-order valence-corrected chi connectivity index (χ0v) is 16.5. The quantitative estimate of drug-likeness (QED) is 0.430. The monoisotopic (exact) mass is 400 g/mol. The molecule has 3 N–H and O–H groups in total. The number of para-hydroxylation sites is 1. The molecule has 0 saturated heterocycles. The summed E-state index contributed by atoms with van der Waals surface area (Å²) in [5.74, 6) is 1.21. The SMILES string of the molecule is COc1ccc(CCC(=O)N[C@H](CC2COc3c(C)cccc32)OB(O)O)nc1. The number of ether oxygens (including phenoxy) is 2. The van der Waals surface area contributed by atoms with Crippen LogP contribution in [0.4, 0.5) is 0 Å². The van der Waals surface area contributed by atoms with Crippen LogP contribution in [0.5, 0.6) is 11.5 Å². The summed E-state index contributed by atoms with van der Waals surface area (Å²) in [4.78, 5) is 16.6. The fraction of sp³-hybridized carbons (Fsp3) is 0.400. The highest BCUT2D eigenvalue weighted by atomic mass is 16.6. The van der Waals surface area contributed by atoms with Gasteiger partial charge >= 0.3 is 7.32 Å². The molecule has 8 nitrogen and oxygen atoms in total. The van der Waals surface area contributed by atoms with E-state index in [4.69, 9.17) is 14.1 Å². The molecule has 0 aliphatic carbocycles. The van der Waals surface area contributed by atoms with Gasteiger partial charge in [0.05, 0.1) is 19.9 Å². The summed E-state index contributed by atoms with van der Waals surface area (Å²) in [6.07, 6.45) is 1.74. The number of benzene rings is 1. The van der Waals surface area contributed by atoms with E-state index in [2.05, 4.69) is 10.3 Å². The van der Waals surface area contributed by atoms with E-state index in [-0.39, 0.29) is 18.2 Å². The number of carbonyl (C=O) groups is 1. The second-order valence-corrected chi connectivity index (χ2v) is 6.94. The van der Waals surface area contributed by atoms with Gasteiger partial charge in [-0.2, -0.15) is 0 Å². The minimum absolute atomic E-state index is 0.0165. The number of rotatable bonds is 9. The minimum Gasteiger partial charge on any atom is -0.495 e. The average Bonchev–Trinajstić information content (AvgIpc) is 3.10. The van der Waals surface area contributed by atoms with Crippen molar-refractivity contribution in [2.75, 3.05) is 13.7 Å². The smallest absolute Gasteiger partial charge is 0.495 e. The lowest BCUT2D eigenvalue weighted by molar-refractivity contribution is -0.124. The Bertz CT molecular complexity index is 830. The molecule has 1 aromatic carbocycles. The van der Waals surface area contributed by atoms with E-state index in [1.807, 2.05) is 25.1 Å². The first kappa shape index (κ1) is 21.1. The second kappa shape index (κ2) is 9.73. The second-order valence-electron chi connectivity index (χ2n) is 6.94. The van der Waals surface area contributed by atoms with Crippen LogP contribution in [0.15, 0.2) is 36.5 Å². The summed E-state index contributed by atoms with van der Waals surface area (Å²) in [5, 5.41) is 21.2. The van der Waals surface area contributed by atoms with Gasteiger partial charge in [0.25, 0.3) is 0 Å². The van der Waals surface area contributed by atoms with E-state index in [0.29, 0.717) is 25.2 Å². The van der Waals surface area contributed by atoms with Crippen molar-refractivity contribution in [3.63, 3.8) is 0 Å². The van der Waals surface area contributed by atoms with E-state index in [1.54, 1.807) is 25.4 Å². The molecule has 2 aromatic rings. The number of carbonyl (C=O) groups excluding carboxylic acids is 1. The zero-order valence-electron chi connectivity index (χ0n) is 16.5. The Labute approximate surface area is 170 Å². The van der Waals surface area contributed by atoms with Gasteiger partial charge in [-0.05, 0) is 31.0 Å². The predicted molar refractivity (Wildman–Crippen MR) is 106 cm³/mol. The summed E-state index contributed by atoms with van der Waals surface area (Å²) in [6, 6.07) is 9.48. The van der Waals surface area contributed by atoms with Crippen molar-refractivity contribution in [1.29, 1.82) is 0 Å². The fourth-order valence-corrected chi connectivity index (χ4v) is 3.39. The molecule has 0 saturated carbocycles. The summed E-state index contributed by atoms with van der Waals surface area (Å²) in [7, 11) is -0.419. The van der Waals surface area contributed by atoms with Crippen LogP contribution in [0.3, 0.4) is 0 Å². The van der Waals surface area contributed by atoms with Crippen LogP contribution in [-0.4, -0.2) is 48.2 Å². The van der Waals surface area contributed by atoms with E-state index in [0.717, 1.165) is 22.6 Å². The van der Waals surface area contributed by atoms with Gasteiger partial charge in [0.2, 0.25) is 5.91 Å². The molecule has 0 bridgehead atoms. The number of amides is 1. The first-order chi connectivity index (χ1) is 14.0. The van der Waals surface area contributed by atoms with Crippen LogP contribution >= 0.6 is 0 Å². The number of aryl methyl sites for hydroxylation is 2. The van der Waals surface area contributed by atoms with Crippen LogP contribution in [0, 0.1) is 6.92 Å². The number of nitrogens with one attached hydrogen (secondary N) is 1. The Kier molecular flexibility index (Phi) is 7.08. The highest BCUT2D eigenvalue weighted by molar-refractivity contribution is 6.32. The van der Waals surface area contributed by atoms with Gasteiger partial charge in [0.1, 0.15) is 17.7 Å². The molecule has 1 amide bonds. The van der Waals surface area contributed by atoms with Gasteiger partial charge in [-0.15, -0.1) is 0 Å². The molecular weight excluding hydrogens is 375 g/mol. The first-order valence-electron chi connectivity index (χ1n) is 9.48. The topological polar surface area (TPSA) is 110 Å². The number of nitrogens with zero attached hydrogens (tertiary/aromatic N) is 1. The molecule has 1 unspecified atom stereocenters. The third-order valence-corrected chi connectivity index (χ3v) is 4.86. The highest BCUT2D eigenvalue weighted by Gasteiger charge is 2.30. The van der Waals surface area contributed by atoms with Gasteiger partial charge in [0.15, 0.2) is 0 Å². The van der Waals surface area contributed by atoms with Crippen LogP contribution < -0.4 is 14.8 Å². The molecule has 2 heterocycles. The first-order valence-corrected chi connectivity index (χ1v) is 9.48. The summed E-state index contributed by atoms with van der Waals surface area (Å²) in [6.45, 7) is 2.43. The van der Waals surface area contributed by atoms with Gasteiger partial charge < -0.3 is 29.5 Å². The molecule has 1 aromatic heterocycles. The fourth-order valence-electron chi connectivity index (χ4n) is 3.39. The molecule has 0 spiro atoms. The lowest BCUT2D eigenvalue weighted by Crippen LogP contribution is -2.42. The number of fused-ring (bicyclic) bond motifs is 1. The van der Waals surface area contributed by atoms with Crippen molar-refractivity contribution in [3.05, 3.63) is 53.3 Å². The molecule has 1 aliphatic rings. The molecule has 29 heavy (non-hydrogen) atoms. The molecule has 0 radical (unpaired) electrons. The Morgan fingerprint density at radius 3 is 2.90 bits per heavy atom. The normalized spacial score (nSPS) is 15.9. The van der Waals surface area contributed by atoms with E-state index < -0.39 is 13.5 Å². The Morgan fingerprint density at radius 2 is 2.21 bits per heavy atom. The number of aromatic nitrogens is 1. The average molecular weight is 400 g/mol. The third kappa shape index (κ3) is 5.69. The van der Waals surface area contributed by atoms with Crippen LogP contribution in [0.25, 0.3) is 0 Å². The molecule has 0 fully saturated rings. The van der Waals surface area contributed by atoms with Gasteiger partial charge in [-0.1, -0.05) is 18.2 Å². The minimum atomic E-state index is -1.98. The van der Waals surface area contributed by atoms with Crippen molar-refractivity contribution >= 4 is 13.2 Å². The van der Waals surface area contributed by atoms with Crippen molar-refractivity contribution in [3.8, 4) is 11.5 Å². The number of methoxy groups -OCH3 is 1. The van der Waals surface area contributed by atoms with Gasteiger partial charge in [-0.25, -0.2) is 0 Å². The van der Waals surface area contributed by atoms with Gasteiger partial charge in [0, 0.05) is 30.0 Å². The summed E-state index contributed by atoms with van der Waals surface area (Å²) in [5.41, 5.74) is 2.83. The number of hydrogen-bond donors (Lipinski definition) is 3. The maximum Gasteiger partial charge on any atom is 0.635 e. The van der Waals surface area contributed by atoms with Crippen molar-refractivity contribution < 1.29 is 29.0 Å². The van der Waals surface area contributed by atoms with Crippen molar-refractivity contribution in [1.82, 2.24) is 10.3 Å². The Morgan fingerprint density at radius 1 is 1.38 bits per heavy atom. The Balaban J connectivity index is 1.57. The lowest BCUT2D eigenvalue weighted by atomic mass is 9.95. The summed E-state index contributed by atoms with van der Waals surface area (Å²) >= 11 is 0. The van der Waals surface area contributed by atoms with E-state index in [1.165, 1.54) is 0 Å². The zero-order chi connectivity index (χ0) is 20.8. The third-order valence-electron chi connectivity index (χ3n) is 4.86. The van der Waals surface area contributed by atoms with Crippen molar-refractivity contribution in [2.45, 2.75) is 38.3 Å². The largest absolute Gasteiger partial charge is 0.635 e. The van der Waals surface area contributed by atoms with Crippen LogP contribution in [0.1, 0.15) is 35.6 Å². The predicted octanol–water partition coefficient (Wildman–Crippen LogP) is 1.33. The highest BCUT2D eigenvalue weighted by Crippen LogP contribution is 2.38. The summed E-state index contributed by atoms with van der Waals surface area (Å²) < 4.78 is 15.9. The lowest BCUT2D eigenvalue weighted by Gasteiger charge is -2.22. The van der Waals surface area contributed by atoms with Crippen LogP contribution in [0.2, 0.25) is 0 Å².